The van der Waals surface area contributed by atoms with E-state index in [1.807, 2.05) is 19.2 Å². The van der Waals surface area contributed by atoms with E-state index in [9.17, 15) is 18.0 Å². The molecule has 1 fully saturated rings. The molecule has 0 aliphatic carbocycles. The summed E-state index contributed by atoms with van der Waals surface area (Å²) in [7, 11) is 2.08. The zero-order chi connectivity index (χ0) is 25.6. The Morgan fingerprint density at radius 3 is 2.43 bits per heavy atom. The monoisotopic (exact) mass is 508 g/mol. The van der Waals surface area contributed by atoms with Crippen molar-refractivity contribution >= 4 is 22.4 Å². The van der Waals surface area contributed by atoms with Crippen molar-refractivity contribution in [2.45, 2.75) is 38.5 Å². The van der Waals surface area contributed by atoms with Gasteiger partial charge in [-0.05, 0) is 24.9 Å². The molecule has 2 atom stereocenters. The summed E-state index contributed by atoms with van der Waals surface area (Å²) in [6, 6.07) is 4.78. The van der Waals surface area contributed by atoms with Crippen LogP contribution < -0.4 is 15.5 Å². The molecule has 35 heavy (non-hydrogen) atoms. The standard InChI is InChI=1S/C24H31F3N6OS/c1-16(2)14-19(22(34)29-9-8-28)30-21(24(25,26)27)18-6-4-17(5-7-18)20-15-35-23(31-20)33-12-10-32(3)11-13-33/h4-7,15-16,19,21,30H,9-14H2,1-3H3,(H,29,34)/t19-,21?/m0/s1. The maximum Gasteiger partial charge on any atom is 0.407 e. The topological polar surface area (TPSA) is 84.3 Å². The number of thiazole rings is 1. The summed E-state index contributed by atoms with van der Waals surface area (Å²) in [6.07, 6.45) is -4.41. The highest BCUT2D eigenvalue weighted by atomic mass is 32.1. The Balaban J connectivity index is 1.77. The number of anilines is 1. The van der Waals surface area contributed by atoms with Gasteiger partial charge in [0, 0.05) is 37.1 Å². The van der Waals surface area contributed by atoms with E-state index in [4.69, 9.17) is 10.2 Å². The lowest BCUT2D eigenvalue weighted by atomic mass is 9.98. The van der Waals surface area contributed by atoms with Gasteiger partial charge < -0.3 is 15.1 Å². The molecule has 2 aromatic rings. The molecule has 2 N–H and O–H groups in total. The number of rotatable bonds is 9. The molecule has 190 valence electrons. The van der Waals surface area contributed by atoms with E-state index in [0.29, 0.717) is 0 Å². The first-order valence-corrected chi connectivity index (χ1v) is 12.4. The lowest BCUT2D eigenvalue weighted by molar-refractivity contribution is -0.161. The van der Waals surface area contributed by atoms with Gasteiger partial charge in [0.05, 0.1) is 17.8 Å². The number of amides is 1. The normalized spacial score (nSPS) is 16.7. The summed E-state index contributed by atoms with van der Waals surface area (Å²) >= 11 is 1.53. The summed E-state index contributed by atoms with van der Waals surface area (Å²) in [5.41, 5.74) is 1.47. The second-order valence-electron chi connectivity index (χ2n) is 9.13. The number of likely N-dealkylation sites (N-methyl/N-ethyl adjacent to an activating group) is 1. The van der Waals surface area contributed by atoms with Crippen LogP contribution in [0.15, 0.2) is 29.6 Å². The molecule has 0 saturated carbocycles. The molecule has 1 unspecified atom stereocenters. The summed E-state index contributed by atoms with van der Waals surface area (Å²) in [6.45, 7) is 7.09. The van der Waals surface area contributed by atoms with Gasteiger partial charge in [-0.15, -0.1) is 11.3 Å². The third kappa shape index (κ3) is 7.40. The molecule has 11 heteroatoms. The van der Waals surface area contributed by atoms with Crippen molar-refractivity contribution in [1.29, 1.82) is 5.26 Å². The van der Waals surface area contributed by atoms with Crippen LogP contribution >= 0.6 is 11.3 Å². The molecule has 1 saturated heterocycles. The van der Waals surface area contributed by atoms with Crippen LogP contribution in [0.25, 0.3) is 11.3 Å². The third-order valence-electron chi connectivity index (χ3n) is 5.87. The predicted octanol–water partition coefficient (Wildman–Crippen LogP) is 3.81. The lowest BCUT2D eigenvalue weighted by Crippen LogP contribution is -2.49. The maximum absolute atomic E-state index is 14.0. The van der Waals surface area contributed by atoms with Gasteiger partial charge in [-0.25, -0.2) is 4.98 Å². The largest absolute Gasteiger partial charge is 0.407 e. The number of nitrogens with one attached hydrogen (secondary N) is 2. The van der Waals surface area contributed by atoms with E-state index in [1.54, 1.807) is 18.2 Å². The van der Waals surface area contributed by atoms with Crippen molar-refractivity contribution in [2.75, 3.05) is 44.7 Å². The Kier molecular flexibility index (Phi) is 9.10. The highest BCUT2D eigenvalue weighted by Crippen LogP contribution is 2.35. The number of aromatic nitrogens is 1. The van der Waals surface area contributed by atoms with Crippen molar-refractivity contribution in [3.05, 3.63) is 35.2 Å². The molecule has 1 amide bonds. The van der Waals surface area contributed by atoms with Crippen LogP contribution in [-0.2, 0) is 4.79 Å². The van der Waals surface area contributed by atoms with Crippen LogP contribution in [0.2, 0.25) is 0 Å². The average Bonchev–Trinajstić information content (AvgIpc) is 3.30. The number of nitriles is 1. The smallest absolute Gasteiger partial charge is 0.346 e. The Hall–Kier alpha value is -2.68. The van der Waals surface area contributed by atoms with Crippen molar-refractivity contribution in [3.8, 4) is 17.3 Å². The SMILES string of the molecule is CC(C)C[C@H](NC(c1ccc(-c2csc(N3CCN(C)CC3)n2)cc1)C(F)(F)F)C(=O)NCC#N. The van der Waals surface area contributed by atoms with Gasteiger partial charge in [0.15, 0.2) is 5.13 Å². The van der Waals surface area contributed by atoms with Crippen LogP contribution in [0, 0.1) is 17.2 Å². The Morgan fingerprint density at radius 2 is 1.86 bits per heavy atom. The Labute approximate surface area is 207 Å². The number of halogens is 3. The van der Waals surface area contributed by atoms with E-state index >= 15 is 0 Å². The van der Waals surface area contributed by atoms with Gasteiger partial charge in [-0.3, -0.25) is 10.1 Å². The van der Waals surface area contributed by atoms with Crippen molar-refractivity contribution in [1.82, 2.24) is 20.5 Å². The minimum absolute atomic E-state index is 0.0117. The van der Waals surface area contributed by atoms with Crippen molar-refractivity contribution in [2.24, 2.45) is 5.92 Å². The number of carbonyl (C=O) groups excluding carboxylic acids is 1. The van der Waals surface area contributed by atoms with Crippen molar-refractivity contribution in [3.63, 3.8) is 0 Å². The van der Waals surface area contributed by atoms with E-state index in [0.717, 1.165) is 42.6 Å². The molecule has 1 aliphatic heterocycles. The fourth-order valence-electron chi connectivity index (χ4n) is 3.94. The average molecular weight is 509 g/mol. The van der Waals surface area contributed by atoms with Crippen LogP contribution in [0.5, 0.6) is 0 Å². The van der Waals surface area contributed by atoms with Gasteiger partial charge in [-0.1, -0.05) is 38.1 Å². The molecular weight excluding hydrogens is 477 g/mol. The number of benzene rings is 1. The number of piperazine rings is 1. The number of alkyl halides is 3. The molecule has 1 aromatic heterocycles. The van der Waals surface area contributed by atoms with E-state index in [-0.39, 0.29) is 24.4 Å². The highest BCUT2D eigenvalue weighted by Gasteiger charge is 2.43. The molecular formula is C24H31F3N6OS. The number of hydrogen-bond acceptors (Lipinski definition) is 7. The summed E-state index contributed by atoms with van der Waals surface area (Å²) in [4.78, 5) is 21.6. The molecule has 1 aliphatic rings. The third-order valence-corrected chi connectivity index (χ3v) is 6.77. The summed E-state index contributed by atoms with van der Waals surface area (Å²) < 4.78 is 42.0. The molecule has 7 nitrogen and oxygen atoms in total. The van der Waals surface area contributed by atoms with Crippen LogP contribution in [-0.4, -0.2) is 67.8 Å². The summed E-state index contributed by atoms with van der Waals surface area (Å²) in [5, 5.41) is 16.4. The molecule has 0 spiro atoms. The van der Waals surface area contributed by atoms with Gasteiger partial charge in [0.25, 0.3) is 0 Å². The van der Waals surface area contributed by atoms with Gasteiger partial charge in [-0.2, -0.15) is 18.4 Å². The first-order chi connectivity index (χ1) is 16.6. The molecule has 3 rings (SSSR count). The highest BCUT2D eigenvalue weighted by molar-refractivity contribution is 7.14. The van der Waals surface area contributed by atoms with E-state index < -0.39 is 24.2 Å². The first kappa shape index (κ1) is 26.9. The zero-order valence-corrected chi connectivity index (χ0v) is 20.9. The molecule has 0 bridgehead atoms. The van der Waals surface area contributed by atoms with Crippen LogP contribution in [0.4, 0.5) is 18.3 Å². The Bertz CT molecular complexity index is 1010. The van der Waals surface area contributed by atoms with E-state index in [1.165, 1.54) is 23.5 Å². The fourth-order valence-corrected chi connectivity index (χ4v) is 4.83. The first-order valence-electron chi connectivity index (χ1n) is 11.5. The minimum atomic E-state index is -4.61. The zero-order valence-electron chi connectivity index (χ0n) is 20.1. The molecule has 2 heterocycles. The van der Waals surface area contributed by atoms with Gasteiger partial charge >= 0.3 is 6.18 Å². The maximum atomic E-state index is 14.0. The van der Waals surface area contributed by atoms with Gasteiger partial charge in [0.2, 0.25) is 5.91 Å². The van der Waals surface area contributed by atoms with Crippen LogP contribution in [0.3, 0.4) is 0 Å². The Morgan fingerprint density at radius 1 is 1.20 bits per heavy atom. The fraction of sp³-hybridized carbons (Fsp3) is 0.542. The van der Waals surface area contributed by atoms with Crippen LogP contribution in [0.1, 0.15) is 31.9 Å². The van der Waals surface area contributed by atoms with E-state index in [2.05, 4.69) is 27.5 Å². The number of carbonyl (C=O) groups is 1. The minimum Gasteiger partial charge on any atom is -0.346 e. The number of hydrogen-bond donors (Lipinski definition) is 2. The predicted molar refractivity (Wildman–Crippen MR) is 131 cm³/mol. The number of nitrogens with zero attached hydrogens (tertiary/aromatic N) is 4. The molecule has 0 radical (unpaired) electrons. The van der Waals surface area contributed by atoms with Crippen molar-refractivity contribution < 1.29 is 18.0 Å². The second-order valence-corrected chi connectivity index (χ2v) is 9.96. The quantitative estimate of drug-likeness (QED) is 0.501. The lowest BCUT2D eigenvalue weighted by Gasteiger charge is -2.32. The van der Waals surface area contributed by atoms with Gasteiger partial charge in [0.1, 0.15) is 12.6 Å². The second kappa shape index (κ2) is 11.8. The molecule has 1 aromatic carbocycles. The summed E-state index contributed by atoms with van der Waals surface area (Å²) in [5.74, 6) is -0.638.